The van der Waals surface area contributed by atoms with Crippen molar-refractivity contribution in [2.45, 2.75) is 19.4 Å². The number of rotatable bonds is 7. The van der Waals surface area contributed by atoms with Gasteiger partial charge >= 0.3 is 5.97 Å². The van der Waals surface area contributed by atoms with Crippen molar-refractivity contribution in [3.05, 3.63) is 24.3 Å². The molecule has 0 amide bonds. The molecule has 0 aliphatic carbocycles. The van der Waals surface area contributed by atoms with E-state index in [2.05, 4.69) is 0 Å². The third-order valence-corrected chi connectivity index (χ3v) is 2.33. The summed E-state index contributed by atoms with van der Waals surface area (Å²) < 4.78 is 15.4. The Morgan fingerprint density at radius 3 is 2.78 bits per heavy atom. The quantitative estimate of drug-likeness (QED) is 0.743. The van der Waals surface area contributed by atoms with Crippen LogP contribution in [0.1, 0.15) is 13.3 Å². The molecule has 0 aliphatic heterocycles. The maximum Gasteiger partial charge on any atom is 0.323 e. The molecule has 2 N–H and O–H groups in total. The molecule has 18 heavy (non-hydrogen) atoms. The molecule has 0 radical (unpaired) electrons. The minimum absolute atomic E-state index is 0.337. The molecule has 0 aliphatic rings. The van der Waals surface area contributed by atoms with Crippen molar-refractivity contribution in [3.8, 4) is 11.5 Å². The van der Waals surface area contributed by atoms with E-state index in [0.29, 0.717) is 25.4 Å². The molecule has 0 bridgehead atoms. The summed E-state index contributed by atoms with van der Waals surface area (Å²) >= 11 is 0. The smallest absolute Gasteiger partial charge is 0.323 e. The van der Waals surface area contributed by atoms with E-state index in [0.717, 1.165) is 5.75 Å². The summed E-state index contributed by atoms with van der Waals surface area (Å²) in [6, 6.07) is 6.61. The van der Waals surface area contributed by atoms with Crippen molar-refractivity contribution in [2.75, 3.05) is 20.3 Å². The average molecular weight is 253 g/mol. The third kappa shape index (κ3) is 4.63. The topological polar surface area (TPSA) is 70.8 Å². The Bertz CT molecular complexity index is 381. The summed E-state index contributed by atoms with van der Waals surface area (Å²) in [5.74, 6) is 1.01. The van der Waals surface area contributed by atoms with E-state index in [1.54, 1.807) is 20.1 Å². The number of nitrogens with two attached hydrogens (primary N) is 1. The predicted molar refractivity (Wildman–Crippen MR) is 67.7 cm³/mol. The van der Waals surface area contributed by atoms with E-state index in [1.807, 2.05) is 18.2 Å². The number of benzene rings is 1. The molecule has 1 unspecified atom stereocenters. The van der Waals surface area contributed by atoms with Gasteiger partial charge < -0.3 is 19.9 Å². The zero-order valence-electron chi connectivity index (χ0n) is 10.7. The first-order chi connectivity index (χ1) is 8.67. The largest absolute Gasteiger partial charge is 0.497 e. The van der Waals surface area contributed by atoms with E-state index >= 15 is 0 Å². The second-order valence-corrected chi connectivity index (χ2v) is 3.67. The van der Waals surface area contributed by atoms with Gasteiger partial charge in [0.1, 0.15) is 17.5 Å². The standard InChI is InChI=1S/C13H19NO4/c1-3-17-13(15)12(14)7-8-18-11-6-4-5-10(9-11)16-2/h4-6,9,12H,3,7-8,14H2,1-2H3. The molecule has 0 spiro atoms. The van der Waals surface area contributed by atoms with Gasteiger partial charge in [-0.05, 0) is 19.1 Å². The molecule has 0 aromatic heterocycles. The Morgan fingerprint density at radius 2 is 2.11 bits per heavy atom. The highest BCUT2D eigenvalue weighted by atomic mass is 16.5. The maximum atomic E-state index is 11.3. The van der Waals surface area contributed by atoms with Gasteiger partial charge in [0.2, 0.25) is 0 Å². The fourth-order valence-corrected chi connectivity index (χ4v) is 1.36. The highest BCUT2D eigenvalue weighted by Crippen LogP contribution is 2.18. The normalized spacial score (nSPS) is 11.7. The van der Waals surface area contributed by atoms with Crippen LogP contribution < -0.4 is 15.2 Å². The number of esters is 1. The molecule has 0 heterocycles. The Hall–Kier alpha value is -1.75. The molecule has 1 aromatic carbocycles. The number of carbonyl (C=O) groups is 1. The van der Waals surface area contributed by atoms with Crippen LogP contribution in [0, 0.1) is 0 Å². The molecule has 1 rings (SSSR count). The molecule has 5 nitrogen and oxygen atoms in total. The van der Waals surface area contributed by atoms with Crippen LogP contribution in [-0.2, 0) is 9.53 Å². The zero-order chi connectivity index (χ0) is 13.4. The molecular weight excluding hydrogens is 234 g/mol. The Labute approximate surface area is 107 Å². The fourth-order valence-electron chi connectivity index (χ4n) is 1.36. The molecule has 0 saturated carbocycles. The van der Waals surface area contributed by atoms with Crippen LogP contribution >= 0.6 is 0 Å². The molecule has 0 saturated heterocycles. The summed E-state index contributed by atoms with van der Waals surface area (Å²) in [7, 11) is 1.59. The minimum Gasteiger partial charge on any atom is -0.497 e. The van der Waals surface area contributed by atoms with E-state index < -0.39 is 12.0 Å². The number of ether oxygens (including phenoxy) is 3. The van der Waals surface area contributed by atoms with Gasteiger partial charge in [-0.2, -0.15) is 0 Å². The fraction of sp³-hybridized carbons (Fsp3) is 0.462. The van der Waals surface area contributed by atoms with Crippen molar-refractivity contribution in [2.24, 2.45) is 5.73 Å². The summed E-state index contributed by atoms with van der Waals surface area (Å²) in [6.45, 7) is 2.44. The van der Waals surface area contributed by atoms with Crippen LogP contribution in [0.4, 0.5) is 0 Å². The van der Waals surface area contributed by atoms with Gasteiger partial charge in [-0.1, -0.05) is 6.07 Å². The van der Waals surface area contributed by atoms with Gasteiger partial charge in [0.15, 0.2) is 0 Å². The van der Waals surface area contributed by atoms with Crippen LogP contribution in [0.25, 0.3) is 0 Å². The first-order valence-corrected chi connectivity index (χ1v) is 5.86. The van der Waals surface area contributed by atoms with Crippen LogP contribution in [0.5, 0.6) is 11.5 Å². The van der Waals surface area contributed by atoms with E-state index in [4.69, 9.17) is 19.9 Å². The number of hydrogen-bond acceptors (Lipinski definition) is 5. The van der Waals surface area contributed by atoms with Gasteiger partial charge in [0.25, 0.3) is 0 Å². The van der Waals surface area contributed by atoms with E-state index in [-0.39, 0.29) is 0 Å². The van der Waals surface area contributed by atoms with Crippen LogP contribution in [-0.4, -0.2) is 32.3 Å². The molecule has 0 fully saturated rings. The average Bonchev–Trinajstić information content (AvgIpc) is 2.39. The Balaban J connectivity index is 2.34. The molecule has 1 atom stereocenters. The Morgan fingerprint density at radius 1 is 1.39 bits per heavy atom. The van der Waals surface area contributed by atoms with Crippen molar-refractivity contribution in [1.82, 2.24) is 0 Å². The lowest BCUT2D eigenvalue weighted by atomic mass is 10.2. The maximum absolute atomic E-state index is 11.3. The van der Waals surface area contributed by atoms with Crippen LogP contribution in [0.3, 0.4) is 0 Å². The van der Waals surface area contributed by atoms with Gasteiger partial charge in [0, 0.05) is 12.5 Å². The van der Waals surface area contributed by atoms with Gasteiger partial charge in [-0.3, -0.25) is 4.79 Å². The third-order valence-electron chi connectivity index (χ3n) is 2.33. The van der Waals surface area contributed by atoms with Crippen LogP contribution in [0.2, 0.25) is 0 Å². The lowest BCUT2D eigenvalue weighted by Gasteiger charge is -2.11. The SMILES string of the molecule is CCOC(=O)C(N)CCOc1cccc(OC)c1. The lowest BCUT2D eigenvalue weighted by Crippen LogP contribution is -2.33. The second-order valence-electron chi connectivity index (χ2n) is 3.67. The van der Waals surface area contributed by atoms with E-state index in [1.165, 1.54) is 0 Å². The monoisotopic (exact) mass is 253 g/mol. The lowest BCUT2D eigenvalue weighted by molar-refractivity contribution is -0.145. The number of carbonyl (C=O) groups excluding carboxylic acids is 1. The van der Waals surface area contributed by atoms with E-state index in [9.17, 15) is 4.79 Å². The summed E-state index contributed by atoms with van der Waals surface area (Å²) in [5.41, 5.74) is 5.64. The second kappa shape index (κ2) is 7.55. The predicted octanol–water partition coefficient (Wildman–Crippen LogP) is 1.35. The number of methoxy groups -OCH3 is 1. The number of hydrogen-bond donors (Lipinski definition) is 1. The summed E-state index contributed by atoms with van der Waals surface area (Å²) in [6.07, 6.45) is 0.413. The van der Waals surface area contributed by atoms with Crippen molar-refractivity contribution in [3.63, 3.8) is 0 Å². The van der Waals surface area contributed by atoms with Gasteiger partial charge in [-0.25, -0.2) is 0 Å². The first-order valence-electron chi connectivity index (χ1n) is 5.86. The molecule has 1 aromatic rings. The Kier molecular flexibility index (Phi) is 6.00. The van der Waals surface area contributed by atoms with Crippen molar-refractivity contribution >= 4 is 5.97 Å². The minimum atomic E-state index is -0.643. The first kappa shape index (κ1) is 14.3. The zero-order valence-corrected chi connectivity index (χ0v) is 10.7. The summed E-state index contributed by atoms with van der Waals surface area (Å²) in [4.78, 5) is 11.3. The van der Waals surface area contributed by atoms with Crippen molar-refractivity contribution in [1.29, 1.82) is 0 Å². The molecular formula is C13H19NO4. The molecule has 5 heteroatoms. The summed E-state index contributed by atoms with van der Waals surface area (Å²) in [5, 5.41) is 0. The molecule has 100 valence electrons. The van der Waals surface area contributed by atoms with Crippen molar-refractivity contribution < 1.29 is 19.0 Å². The van der Waals surface area contributed by atoms with Gasteiger partial charge in [0.05, 0.1) is 20.3 Å². The van der Waals surface area contributed by atoms with Gasteiger partial charge in [-0.15, -0.1) is 0 Å². The highest BCUT2D eigenvalue weighted by Gasteiger charge is 2.14. The highest BCUT2D eigenvalue weighted by molar-refractivity contribution is 5.75. The van der Waals surface area contributed by atoms with Crippen LogP contribution in [0.15, 0.2) is 24.3 Å².